The van der Waals surface area contributed by atoms with Gasteiger partial charge in [0, 0.05) is 30.5 Å². The van der Waals surface area contributed by atoms with Gasteiger partial charge in [-0.2, -0.15) is 0 Å². The Balaban J connectivity index is 2.03. The van der Waals surface area contributed by atoms with Crippen molar-refractivity contribution in [2.24, 2.45) is 5.92 Å². The van der Waals surface area contributed by atoms with Gasteiger partial charge in [0.15, 0.2) is 0 Å². The Kier molecular flexibility index (Phi) is 2.85. The molecule has 0 atom stereocenters. The highest BCUT2D eigenvalue weighted by molar-refractivity contribution is 6.31. The van der Waals surface area contributed by atoms with Crippen LogP contribution in [0.3, 0.4) is 0 Å². The molecule has 2 nitrogen and oxygen atoms in total. The first kappa shape index (κ1) is 9.69. The molecule has 74 valence electrons. The predicted molar refractivity (Wildman–Crippen MR) is 56.5 cm³/mol. The largest absolute Gasteiger partial charge is 0.315 e. The smallest absolute Gasteiger partial charge is 0.142 e. The number of hydrogen-bond acceptors (Lipinski definition) is 2. The highest BCUT2D eigenvalue weighted by atomic mass is 35.5. The zero-order valence-corrected chi connectivity index (χ0v) is 8.55. The van der Waals surface area contributed by atoms with Gasteiger partial charge in [0.2, 0.25) is 0 Å². The van der Waals surface area contributed by atoms with Gasteiger partial charge in [-0.3, -0.25) is 4.79 Å². The molecule has 0 aromatic heterocycles. The normalized spacial score (nSPS) is 16.4. The lowest BCUT2D eigenvalue weighted by Gasteiger charge is -2.25. The fourth-order valence-corrected chi connectivity index (χ4v) is 1.69. The first-order chi connectivity index (χ1) is 6.77. The molecule has 0 saturated carbocycles. The van der Waals surface area contributed by atoms with Crippen molar-refractivity contribution in [3.05, 3.63) is 34.9 Å². The number of halogens is 1. The van der Waals surface area contributed by atoms with Crippen LogP contribution in [-0.4, -0.2) is 18.9 Å². The summed E-state index contributed by atoms with van der Waals surface area (Å²) in [6, 6.07) is 7.52. The Morgan fingerprint density at radius 2 is 2.14 bits per heavy atom. The molecule has 0 amide bonds. The van der Waals surface area contributed by atoms with E-state index in [0.717, 1.165) is 18.7 Å². The highest BCUT2D eigenvalue weighted by Crippen LogP contribution is 2.18. The summed E-state index contributed by atoms with van der Waals surface area (Å²) in [4.78, 5) is 11.6. The summed E-state index contributed by atoms with van der Waals surface area (Å²) < 4.78 is 0. The molecular formula is C11H12ClNO. The second kappa shape index (κ2) is 4.11. The summed E-state index contributed by atoms with van der Waals surface area (Å²) in [5, 5.41) is 3.78. The third-order valence-electron chi connectivity index (χ3n) is 2.56. The Bertz CT molecular complexity index is 347. The monoisotopic (exact) mass is 209 g/mol. The van der Waals surface area contributed by atoms with Gasteiger partial charge in [0.05, 0.1) is 0 Å². The van der Waals surface area contributed by atoms with Crippen molar-refractivity contribution in [3.8, 4) is 0 Å². The molecule has 1 heterocycles. The van der Waals surface area contributed by atoms with Crippen molar-refractivity contribution < 1.29 is 4.79 Å². The van der Waals surface area contributed by atoms with Crippen LogP contribution in [0.2, 0.25) is 5.02 Å². The van der Waals surface area contributed by atoms with Gasteiger partial charge < -0.3 is 5.32 Å². The summed E-state index contributed by atoms with van der Waals surface area (Å²) in [5.74, 6) is 0.489. The fourth-order valence-electron chi connectivity index (χ4n) is 1.49. The number of ketones is 1. The molecule has 1 aliphatic heterocycles. The Hall–Kier alpha value is -0.860. The lowest BCUT2D eigenvalue weighted by atomic mass is 9.93. The van der Waals surface area contributed by atoms with Crippen molar-refractivity contribution in [2.45, 2.75) is 6.42 Å². The molecule has 0 bridgehead atoms. The van der Waals surface area contributed by atoms with Gasteiger partial charge in [0.25, 0.3) is 0 Å². The van der Waals surface area contributed by atoms with Crippen LogP contribution in [0, 0.1) is 5.92 Å². The van der Waals surface area contributed by atoms with E-state index in [1.54, 1.807) is 0 Å². The summed E-state index contributed by atoms with van der Waals surface area (Å²) in [5.41, 5.74) is 0.936. The molecule has 1 fully saturated rings. The molecule has 1 aromatic carbocycles. The molecule has 1 N–H and O–H groups in total. The van der Waals surface area contributed by atoms with E-state index in [0.29, 0.717) is 11.4 Å². The van der Waals surface area contributed by atoms with Crippen molar-refractivity contribution in [1.82, 2.24) is 5.32 Å². The number of carbonyl (C=O) groups is 1. The molecule has 0 spiro atoms. The number of hydrogen-bond donors (Lipinski definition) is 1. The molecule has 0 unspecified atom stereocenters. The van der Waals surface area contributed by atoms with E-state index in [4.69, 9.17) is 11.6 Å². The second-order valence-corrected chi connectivity index (χ2v) is 4.00. The molecule has 14 heavy (non-hydrogen) atoms. The van der Waals surface area contributed by atoms with Crippen LogP contribution in [0.4, 0.5) is 0 Å². The lowest BCUT2D eigenvalue weighted by Crippen LogP contribution is -2.47. The predicted octanol–water partition coefficient (Wildman–Crippen LogP) is 1.67. The Morgan fingerprint density at radius 3 is 2.71 bits per heavy atom. The third-order valence-corrected chi connectivity index (χ3v) is 2.93. The van der Waals surface area contributed by atoms with Crippen LogP contribution in [0.25, 0.3) is 0 Å². The van der Waals surface area contributed by atoms with Crippen LogP contribution in [0.5, 0.6) is 0 Å². The van der Waals surface area contributed by atoms with Gasteiger partial charge in [-0.15, -0.1) is 0 Å². The van der Waals surface area contributed by atoms with Crippen LogP contribution in [-0.2, 0) is 11.2 Å². The van der Waals surface area contributed by atoms with E-state index in [2.05, 4.69) is 5.32 Å². The standard InChI is InChI=1S/C11H12ClNO/c12-10-4-2-1-3-8(10)5-11(14)9-6-13-7-9/h1-4,9,13H,5-7H2. The molecule has 2 rings (SSSR count). The van der Waals surface area contributed by atoms with Gasteiger partial charge in [-0.05, 0) is 11.6 Å². The molecule has 3 heteroatoms. The minimum absolute atomic E-state index is 0.200. The average molecular weight is 210 g/mol. The van der Waals surface area contributed by atoms with Crippen molar-refractivity contribution in [1.29, 1.82) is 0 Å². The molecule has 0 aliphatic carbocycles. The van der Waals surface area contributed by atoms with E-state index >= 15 is 0 Å². The van der Waals surface area contributed by atoms with Crippen molar-refractivity contribution >= 4 is 17.4 Å². The SMILES string of the molecule is O=C(Cc1ccccc1Cl)C1CNC1. The maximum atomic E-state index is 11.6. The molecule has 1 aromatic rings. The number of carbonyl (C=O) groups excluding carboxylic acids is 1. The number of Topliss-reactive ketones (excluding diaryl/α,β-unsaturated/α-hetero) is 1. The van der Waals surface area contributed by atoms with Crippen LogP contribution in [0.1, 0.15) is 5.56 Å². The highest BCUT2D eigenvalue weighted by Gasteiger charge is 2.24. The molecule has 1 saturated heterocycles. The number of nitrogens with one attached hydrogen (secondary N) is 1. The average Bonchev–Trinajstić information content (AvgIpc) is 2.05. The molecule has 0 radical (unpaired) electrons. The van der Waals surface area contributed by atoms with Gasteiger partial charge in [-0.1, -0.05) is 29.8 Å². The maximum absolute atomic E-state index is 11.6. The first-order valence-corrected chi connectivity index (χ1v) is 5.12. The van der Waals surface area contributed by atoms with E-state index < -0.39 is 0 Å². The van der Waals surface area contributed by atoms with Gasteiger partial charge in [0.1, 0.15) is 5.78 Å². The maximum Gasteiger partial charge on any atom is 0.142 e. The Labute approximate surface area is 88.3 Å². The zero-order chi connectivity index (χ0) is 9.97. The Morgan fingerprint density at radius 1 is 1.43 bits per heavy atom. The first-order valence-electron chi connectivity index (χ1n) is 4.74. The third kappa shape index (κ3) is 1.97. The summed E-state index contributed by atoms with van der Waals surface area (Å²) in [7, 11) is 0. The van der Waals surface area contributed by atoms with Crippen LogP contribution in [0.15, 0.2) is 24.3 Å². The zero-order valence-electron chi connectivity index (χ0n) is 7.79. The van der Waals surface area contributed by atoms with Crippen LogP contribution < -0.4 is 5.32 Å². The van der Waals surface area contributed by atoms with E-state index in [1.807, 2.05) is 24.3 Å². The quantitative estimate of drug-likeness (QED) is 0.821. The van der Waals surface area contributed by atoms with Gasteiger partial charge >= 0.3 is 0 Å². The summed E-state index contributed by atoms with van der Waals surface area (Å²) >= 11 is 5.97. The second-order valence-electron chi connectivity index (χ2n) is 3.59. The number of benzene rings is 1. The minimum Gasteiger partial charge on any atom is -0.315 e. The summed E-state index contributed by atoms with van der Waals surface area (Å²) in [6.07, 6.45) is 0.464. The topological polar surface area (TPSA) is 29.1 Å². The fraction of sp³-hybridized carbons (Fsp3) is 0.364. The lowest BCUT2D eigenvalue weighted by molar-refractivity contribution is -0.123. The van der Waals surface area contributed by atoms with Crippen LogP contribution >= 0.6 is 11.6 Å². The van der Waals surface area contributed by atoms with Gasteiger partial charge in [-0.25, -0.2) is 0 Å². The van der Waals surface area contributed by atoms with E-state index in [1.165, 1.54) is 0 Å². The van der Waals surface area contributed by atoms with E-state index in [-0.39, 0.29) is 11.7 Å². The summed E-state index contributed by atoms with van der Waals surface area (Å²) in [6.45, 7) is 1.65. The van der Waals surface area contributed by atoms with Crippen molar-refractivity contribution in [2.75, 3.05) is 13.1 Å². The van der Waals surface area contributed by atoms with Crippen molar-refractivity contribution in [3.63, 3.8) is 0 Å². The number of rotatable bonds is 3. The molecule has 1 aliphatic rings. The minimum atomic E-state index is 0.200. The molecular weight excluding hydrogens is 198 g/mol. The van der Waals surface area contributed by atoms with E-state index in [9.17, 15) is 4.79 Å².